The minimum Gasteiger partial charge on any atom is -0.338 e. The monoisotopic (exact) mass is 397 g/mol. The number of hydrogen-bond acceptors (Lipinski definition) is 3. The minimum absolute atomic E-state index is 0.0762. The van der Waals surface area contributed by atoms with Crippen LogP contribution < -0.4 is 9.80 Å². The Balaban J connectivity index is 1.76. The lowest BCUT2D eigenvalue weighted by molar-refractivity contribution is 0.0984. The predicted octanol–water partition coefficient (Wildman–Crippen LogP) is 4.71. The number of carbonyl (C=O) groups is 1. The van der Waals surface area contributed by atoms with Crippen LogP contribution in [0.5, 0.6) is 0 Å². The first-order chi connectivity index (χ1) is 14.7. The molecule has 4 nitrogen and oxygen atoms in total. The summed E-state index contributed by atoms with van der Waals surface area (Å²) in [6.07, 6.45) is 0. The minimum atomic E-state index is -0.647. The molecule has 0 saturated carbocycles. The van der Waals surface area contributed by atoms with Gasteiger partial charge in [0.05, 0.1) is 11.4 Å². The van der Waals surface area contributed by atoms with Crippen molar-refractivity contribution in [1.29, 1.82) is 0 Å². The summed E-state index contributed by atoms with van der Waals surface area (Å²) >= 11 is 0. The SMILES string of the molecule is CCN(CC)CCN1c2ccccc2N2C(=O)c3ccccc3C12c1ccccc1. The lowest BCUT2D eigenvalue weighted by Gasteiger charge is -2.42. The van der Waals surface area contributed by atoms with Gasteiger partial charge >= 0.3 is 0 Å². The van der Waals surface area contributed by atoms with E-state index < -0.39 is 5.66 Å². The van der Waals surface area contributed by atoms with E-state index >= 15 is 0 Å². The van der Waals surface area contributed by atoms with Crippen LogP contribution in [0.25, 0.3) is 0 Å². The van der Waals surface area contributed by atoms with E-state index in [4.69, 9.17) is 0 Å². The van der Waals surface area contributed by atoms with Gasteiger partial charge < -0.3 is 9.80 Å². The third-order valence-electron chi connectivity index (χ3n) is 6.57. The molecule has 3 aromatic rings. The van der Waals surface area contributed by atoms with Crippen molar-refractivity contribution >= 4 is 17.3 Å². The highest BCUT2D eigenvalue weighted by Crippen LogP contribution is 2.57. The second-order valence-electron chi connectivity index (χ2n) is 7.89. The van der Waals surface area contributed by atoms with Gasteiger partial charge in [-0.2, -0.15) is 0 Å². The zero-order chi connectivity index (χ0) is 20.7. The van der Waals surface area contributed by atoms with Crippen molar-refractivity contribution in [2.75, 3.05) is 36.0 Å². The molecule has 2 heterocycles. The first-order valence-corrected chi connectivity index (χ1v) is 10.8. The highest BCUT2D eigenvalue weighted by atomic mass is 16.2. The highest BCUT2D eigenvalue weighted by molar-refractivity contribution is 6.17. The molecule has 0 fully saturated rings. The Morgan fingerprint density at radius 1 is 0.800 bits per heavy atom. The van der Waals surface area contributed by atoms with Gasteiger partial charge in [-0.25, -0.2) is 0 Å². The van der Waals surface area contributed by atoms with Crippen LogP contribution in [0.3, 0.4) is 0 Å². The van der Waals surface area contributed by atoms with E-state index in [-0.39, 0.29) is 5.91 Å². The third kappa shape index (κ3) is 2.47. The first kappa shape index (κ1) is 18.9. The van der Waals surface area contributed by atoms with Gasteiger partial charge in [-0.3, -0.25) is 9.69 Å². The number of benzene rings is 3. The molecule has 1 amide bonds. The number of anilines is 2. The molecule has 1 atom stereocenters. The molecule has 0 N–H and O–H groups in total. The van der Waals surface area contributed by atoms with Crippen LogP contribution >= 0.6 is 0 Å². The summed E-state index contributed by atoms with van der Waals surface area (Å²) in [5.74, 6) is 0.0762. The van der Waals surface area contributed by atoms with E-state index in [9.17, 15) is 4.79 Å². The molecule has 0 bridgehead atoms. The zero-order valence-electron chi connectivity index (χ0n) is 17.6. The Morgan fingerprint density at radius 3 is 2.17 bits per heavy atom. The van der Waals surface area contributed by atoms with Gasteiger partial charge in [0.25, 0.3) is 5.91 Å². The number of hydrogen-bond donors (Lipinski definition) is 0. The lowest BCUT2D eigenvalue weighted by atomic mass is 9.89. The van der Waals surface area contributed by atoms with E-state index in [1.165, 1.54) is 0 Å². The normalized spacial score (nSPS) is 19.2. The maximum Gasteiger partial charge on any atom is 0.261 e. The zero-order valence-corrected chi connectivity index (χ0v) is 17.6. The number of para-hydroxylation sites is 2. The topological polar surface area (TPSA) is 26.8 Å². The van der Waals surface area contributed by atoms with Crippen LogP contribution in [0.2, 0.25) is 0 Å². The molecule has 0 aliphatic carbocycles. The largest absolute Gasteiger partial charge is 0.338 e. The third-order valence-corrected chi connectivity index (χ3v) is 6.57. The van der Waals surface area contributed by atoms with Gasteiger partial charge in [-0.05, 0) is 31.3 Å². The molecular weight excluding hydrogens is 370 g/mol. The maximum atomic E-state index is 13.7. The van der Waals surface area contributed by atoms with E-state index in [2.05, 4.69) is 72.2 Å². The molecule has 4 heteroatoms. The molecule has 2 aliphatic rings. The molecule has 152 valence electrons. The lowest BCUT2D eigenvalue weighted by Crippen LogP contribution is -2.54. The van der Waals surface area contributed by atoms with Gasteiger partial charge in [0.1, 0.15) is 0 Å². The van der Waals surface area contributed by atoms with Gasteiger partial charge in [0.15, 0.2) is 5.66 Å². The van der Waals surface area contributed by atoms with Crippen molar-refractivity contribution < 1.29 is 4.79 Å². The molecule has 0 saturated heterocycles. The molecular formula is C26H27N3O. The van der Waals surface area contributed by atoms with Gasteiger partial charge in [-0.1, -0.05) is 74.5 Å². The van der Waals surface area contributed by atoms with Gasteiger partial charge in [-0.15, -0.1) is 0 Å². The summed E-state index contributed by atoms with van der Waals surface area (Å²) in [5, 5.41) is 0. The number of fused-ring (bicyclic) bond motifs is 5. The maximum absolute atomic E-state index is 13.7. The second-order valence-corrected chi connectivity index (χ2v) is 7.89. The highest BCUT2D eigenvalue weighted by Gasteiger charge is 2.60. The summed E-state index contributed by atoms with van der Waals surface area (Å²) in [4.78, 5) is 20.6. The fourth-order valence-corrected chi connectivity index (χ4v) is 5.14. The van der Waals surface area contributed by atoms with Crippen LogP contribution in [-0.2, 0) is 5.66 Å². The summed E-state index contributed by atoms with van der Waals surface area (Å²) in [6.45, 7) is 8.23. The summed E-state index contributed by atoms with van der Waals surface area (Å²) in [6, 6.07) is 26.9. The predicted molar refractivity (Wildman–Crippen MR) is 122 cm³/mol. The Bertz CT molecular complexity index is 1080. The Labute approximate surface area is 178 Å². The fourth-order valence-electron chi connectivity index (χ4n) is 5.14. The van der Waals surface area contributed by atoms with Crippen LogP contribution in [0, 0.1) is 0 Å². The van der Waals surface area contributed by atoms with Crippen molar-refractivity contribution in [3.05, 3.63) is 95.6 Å². The molecule has 3 aromatic carbocycles. The quantitative estimate of drug-likeness (QED) is 0.603. The molecule has 2 aliphatic heterocycles. The van der Waals surface area contributed by atoms with Crippen LogP contribution in [0.4, 0.5) is 11.4 Å². The number of carbonyl (C=O) groups excluding carboxylic acids is 1. The molecule has 1 unspecified atom stereocenters. The van der Waals surface area contributed by atoms with E-state index in [1.807, 2.05) is 35.2 Å². The fraction of sp³-hybridized carbons (Fsp3) is 0.269. The van der Waals surface area contributed by atoms with Gasteiger partial charge in [0.2, 0.25) is 0 Å². The molecule has 0 radical (unpaired) electrons. The molecule has 0 spiro atoms. The molecule has 0 aromatic heterocycles. The van der Waals surface area contributed by atoms with Crippen molar-refractivity contribution in [1.82, 2.24) is 4.90 Å². The van der Waals surface area contributed by atoms with E-state index in [1.54, 1.807) is 0 Å². The molecule has 5 rings (SSSR count). The Kier molecular flexibility index (Phi) is 4.59. The summed E-state index contributed by atoms with van der Waals surface area (Å²) in [5.41, 5.74) is 4.45. The van der Waals surface area contributed by atoms with Crippen LogP contribution in [-0.4, -0.2) is 37.0 Å². The summed E-state index contributed by atoms with van der Waals surface area (Å²) < 4.78 is 0. The second kappa shape index (κ2) is 7.29. The number of nitrogens with zero attached hydrogens (tertiary/aromatic N) is 3. The number of likely N-dealkylation sites (N-methyl/N-ethyl adjacent to an activating group) is 1. The van der Waals surface area contributed by atoms with E-state index in [0.717, 1.165) is 54.2 Å². The van der Waals surface area contributed by atoms with Crippen LogP contribution in [0.15, 0.2) is 78.9 Å². The van der Waals surface area contributed by atoms with Crippen molar-refractivity contribution in [2.24, 2.45) is 0 Å². The Morgan fingerprint density at radius 2 is 1.43 bits per heavy atom. The number of amides is 1. The standard InChI is InChI=1S/C26H27N3O/c1-3-27(4-2)18-19-28-23-16-10-11-17-24(23)29-25(30)21-14-8-9-15-22(21)26(28,29)20-12-6-5-7-13-20/h5-17H,3-4,18-19H2,1-2H3. The first-order valence-electron chi connectivity index (χ1n) is 10.8. The van der Waals surface area contributed by atoms with Crippen molar-refractivity contribution in [3.8, 4) is 0 Å². The Hall–Kier alpha value is -3.11. The smallest absolute Gasteiger partial charge is 0.261 e. The van der Waals surface area contributed by atoms with Crippen molar-refractivity contribution in [3.63, 3.8) is 0 Å². The number of rotatable bonds is 6. The van der Waals surface area contributed by atoms with E-state index in [0.29, 0.717) is 0 Å². The average Bonchev–Trinajstić information content (AvgIpc) is 3.25. The average molecular weight is 398 g/mol. The van der Waals surface area contributed by atoms with Crippen molar-refractivity contribution in [2.45, 2.75) is 19.5 Å². The van der Waals surface area contributed by atoms with Crippen LogP contribution in [0.1, 0.15) is 35.3 Å². The van der Waals surface area contributed by atoms with Gasteiger partial charge in [0, 0.05) is 29.8 Å². The summed E-state index contributed by atoms with van der Waals surface area (Å²) in [7, 11) is 0. The molecule has 30 heavy (non-hydrogen) atoms.